The Bertz CT molecular complexity index is 697. The molecule has 1 saturated heterocycles. The van der Waals surface area contributed by atoms with Crippen molar-refractivity contribution in [2.24, 2.45) is 18.9 Å². The minimum Gasteiger partial charge on any atom is -0.356 e. The van der Waals surface area contributed by atoms with Crippen LogP contribution in [0.2, 0.25) is 0 Å². The lowest BCUT2D eigenvalue weighted by Crippen LogP contribution is -2.38. The van der Waals surface area contributed by atoms with E-state index in [2.05, 4.69) is 10.4 Å². The second kappa shape index (κ2) is 5.34. The van der Waals surface area contributed by atoms with Crippen molar-refractivity contribution in [3.05, 3.63) is 11.8 Å². The Balaban J connectivity index is 1.81. The molecule has 2 fully saturated rings. The number of aryl methyl sites for hydroxylation is 2. The highest BCUT2D eigenvalue weighted by Crippen LogP contribution is 2.39. The monoisotopic (exact) mass is 326 g/mol. The van der Waals surface area contributed by atoms with Crippen LogP contribution in [0.25, 0.3) is 0 Å². The van der Waals surface area contributed by atoms with Crippen LogP contribution in [0, 0.1) is 18.8 Å². The highest BCUT2D eigenvalue weighted by molar-refractivity contribution is 7.89. The van der Waals surface area contributed by atoms with Gasteiger partial charge in [-0.3, -0.25) is 9.48 Å². The van der Waals surface area contributed by atoms with Gasteiger partial charge in [-0.25, -0.2) is 8.42 Å². The average molecular weight is 326 g/mol. The molecular formula is C14H22N4O3S. The third kappa shape index (κ3) is 2.54. The summed E-state index contributed by atoms with van der Waals surface area (Å²) in [5.74, 6) is 0.757. The lowest BCUT2D eigenvalue weighted by molar-refractivity contribution is -0.124. The third-order valence-corrected chi connectivity index (χ3v) is 6.91. The van der Waals surface area contributed by atoms with E-state index in [0.29, 0.717) is 30.5 Å². The molecule has 1 aromatic rings. The summed E-state index contributed by atoms with van der Waals surface area (Å²) < 4.78 is 28.5. The predicted molar refractivity (Wildman–Crippen MR) is 80.5 cm³/mol. The smallest absolute Gasteiger partial charge is 0.260 e. The van der Waals surface area contributed by atoms with Crippen LogP contribution in [0.1, 0.15) is 25.0 Å². The van der Waals surface area contributed by atoms with Crippen LogP contribution >= 0.6 is 0 Å². The van der Waals surface area contributed by atoms with Gasteiger partial charge < -0.3 is 5.32 Å². The maximum Gasteiger partial charge on any atom is 0.260 e. The number of piperidine rings is 1. The number of aromatic nitrogens is 2. The summed E-state index contributed by atoms with van der Waals surface area (Å²) in [6.07, 6.45) is 2.07. The fraction of sp³-hybridized carbons (Fsp3) is 0.714. The number of hydrogen-bond donors (Lipinski definition) is 1. The molecule has 0 aromatic carbocycles. The molecule has 8 heteroatoms. The van der Waals surface area contributed by atoms with Gasteiger partial charge in [-0.05, 0) is 37.7 Å². The van der Waals surface area contributed by atoms with Crippen LogP contribution in [0.4, 0.5) is 0 Å². The molecule has 1 N–H and O–H groups in total. The quantitative estimate of drug-likeness (QED) is 0.864. The molecule has 1 aromatic heterocycles. The van der Waals surface area contributed by atoms with Gasteiger partial charge in [-0.1, -0.05) is 0 Å². The van der Waals surface area contributed by atoms with Gasteiger partial charge in [0.15, 0.2) is 5.03 Å². The number of sulfonamides is 1. The molecule has 1 aliphatic heterocycles. The molecule has 2 heterocycles. The molecule has 1 saturated carbocycles. The van der Waals surface area contributed by atoms with Gasteiger partial charge in [0.1, 0.15) is 0 Å². The van der Waals surface area contributed by atoms with Gasteiger partial charge in [0.05, 0.1) is 5.69 Å². The van der Waals surface area contributed by atoms with Crippen molar-refractivity contribution >= 4 is 15.9 Å². The van der Waals surface area contributed by atoms with Crippen molar-refractivity contribution in [1.82, 2.24) is 19.4 Å². The zero-order valence-electron chi connectivity index (χ0n) is 13.1. The van der Waals surface area contributed by atoms with Crippen molar-refractivity contribution < 1.29 is 13.2 Å². The van der Waals surface area contributed by atoms with E-state index in [1.807, 2.05) is 0 Å². The number of fused-ring (bicyclic) bond motifs is 1. The normalized spacial score (nSPS) is 28.7. The molecule has 22 heavy (non-hydrogen) atoms. The first kappa shape index (κ1) is 15.5. The Morgan fingerprint density at radius 3 is 2.68 bits per heavy atom. The topological polar surface area (TPSA) is 84.3 Å². The maximum atomic E-state index is 12.8. The highest BCUT2D eigenvalue weighted by Gasteiger charge is 2.42. The molecule has 122 valence electrons. The number of nitrogens with one attached hydrogen (secondary N) is 1. The van der Waals surface area contributed by atoms with E-state index in [-0.39, 0.29) is 17.0 Å². The molecule has 0 radical (unpaired) electrons. The van der Waals surface area contributed by atoms with Crippen molar-refractivity contribution in [3.63, 3.8) is 0 Å². The first-order chi connectivity index (χ1) is 10.3. The molecule has 3 atom stereocenters. The van der Waals surface area contributed by atoms with Crippen molar-refractivity contribution in [3.8, 4) is 0 Å². The number of nitrogens with zero attached hydrogens (tertiary/aromatic N) is 3. The van der Waals surface area contributed by atoms with Crippen LogP contribution in [0.3, 0.4) is 0 Å². The number of amides is 1. The second-order valence-corrected chi connectivity index (χ2v) is 8.37. The maximum absolute atomic E-state index is 12.8. The third-order valence-electron chi connectivity index (χ3n) is 4.94. The zero-order valence-corrected chi connectivity index (χ0v) is 13.9. The van der Waals surface area contributed by atoms with Crippen molar-refractivity contribution in [2.75, 3.05) is 13.6 Å². The summed E-state index contributed by atoms with van der Waals surface area (Å²) in [5.41, 5.74) is 0.685. The summed E-state index contributed by atoms with van der Waals surface area (Å²) in [4.78, 5) is 11.5. The van der Waals surface area contributed by atoms with Gasteiger partial charge in [-0.15, -0.1) is 0 Å². The Labute approximate surface area is 130 Å². The number of carbonyl (C=O) groups is 1. The van der Waals surface area contributed by atoms with Crippen LogP contribution < -0.4 is 5.32 Å². The summed E-state index contributed by atoms with van der Waals surface area (Å²) in [6.45, 7) is 2.44. The minimum absolute atomic E-state index is 0.0529. The highest BCUT2D eigenvalue weighted by atomic mass is 32.2. The summed E-state index contributed by atoms with van der Waals surface area (Å²) in [7, 11) is -0.283. The standard InChI is InChI=1S/C14H22N4O3S/c1-9-4-14(17(2)16-9)22(20,21)18(3)12-5-10-7-13(19)15-8-11(10)6-12/h4,10-12H,5-8H2,1-3H3,(H,15,19)/t10-,11+,12-/m0/s1. The molecule has 1 amide bonds. The zero-order chi connectivity index (χ0) is 16.1. The largest absolute Gasteiger partial charge is 0.356 e. The second-order valence-electron chi connectivity index (χ2n) is 6.42. The fourth-order valence-electron chi connectivity index (χ4n) is 3.70. The lowest BCUT2D eigenvalue weighted by Gasteiger charge is -2.24. The molecule has 2 aliphatic rings. The van der Waals surface area contributed by atoms with E-state index in [4.69, 9.17) is 0 Å². The summed E-state index contributed by atoms with van der Waals surface area (Å²) in [5, 5.41) is 7.22. The van der Waals surface area contributed by atoms with Crippen molar-refractivity contribution in [2.45, 2.75) is 37.3 Å². The molecule has 0 bridgehead atoms. The van der Waals surface area contributed by atoms with Crippen LogP contribution in [-0.2, 0) is 21.9 Å². The van der Waals surface area contributed by atoms with Gasteiger partial charge >= 0.3 is 0 Å². The van der Waals surface area contributed by atoms with Gasteiger partial charge in [-0.2, -0.15) is 9.40 Å². The van der Waals surface area contributed by atoms with E-state index in [0.717, 1.165) is 12.8 Å². The Morgan fingerprint density at radius 2 is 2.05 bits per heavy atom. The molecule has 0 unspecified atom stereocenters. The fourth-order valence-corrected chi connectivity index (χ4v) is 5.26. The van der Waals surface area contributed by atoms with Crippen LogP contribution in [0.5, 0.6) is 0 Å². The Morgan fingerprint density at radius 1 is 1.36 bits per heavy atom. The molecule has 3 rings (SSSR count). The number of carbonyl (C=O) groups excluding carboxylic acids is 1. The van der Waals surface area contributed by atoms with Crippen molar-refractivity contribution in [1.29, 1.82) is 0 Å². The molecule has 7 nitrogen and oxygen atoms in total. The van der Waals surface area contributed by atoms with E-state index < -0.39 is 10.0 Å². The first-order valence-corrected chi connectivity index (χ1v) is 8.98. The van der Waals surface area contributed by atoms with Gasteiger partial charge in [0.2, 0.25) is 5.91 Å². The van der Waals surface area contributed by atoms with Crippen LogP contribution in [-0.4, -0.2) is 48.0 Å². The molecular weight excluding hydrogens is 304 g/mol. The van der Waals surface area contributed by atoms with E-state index >= 15 is 0 Å². The Hall–Kier alpha value is -1.41. The average Bonchev–Trinajstić information content (AvgIpc) is 3.00. The van der Waals surface area contributed by atoms with Gasteiger partial charge in [0, 0.05) is 33.1 Å². The van der Waals surface area contributed by atoms with Crippen LogP contribution in [0.15, 0.2) is 11.1 Å². The lowest BCUT2D eigenvalue weighted by atomic mass is 9.89. The predicted octanol–water partition coefficient (Wildman–Crippen LogP) is 0.264. The molecule has 1 aliphatic carbocycles. The van der Waals surface area contributed by atoms with E-state index in [1.165, 1.54) is 8.99 Å². The van der Waals surface area contributed by atoms with Gasteiger partial charge in [0.25, 0.3) is 10.0 Å². The Kier molecular flexibility index (Phi) is 3.76. The first-order valence-electron chi connectivity index (χ1n) is 7.54. The summed E-state index contributed by atoms with van der Waals surface area (Å²) >= 11 is 0. The summed E-state index contributed by atoms with van der Waals surface area (Å²) in [6, 6.07) is 1.54. The SMILES string of the molecule is Cc1cc(S(=O)(=O)N(C)[C@H]2C[C@H]3CC(=O)NC[C@H]3C2)n(C)n1. The van der Waals surface area contributed by atoms with E-state index in [9.17, 15) is 13.2 Å². The molecule has 0 spiro atoms. The number of hydrogen-bond acceptors (Lipinski definition) is 4. The van der Waals surface area contributed by atoms with E-state index in [1.54, 1.807) is 27.1 Å². The number of rotatable bonds is 3. The minimum atomic E-state index is -3.56.